The Balaban J connectivity index is 1.90. The van der Waals surface area contributed by atoms with E-state index >= 15 is 0 Å². The summed E-state index contributed by atoms with van der Waals surface area (Å²) in [6, 6.07) is 0. The molecule has 1 aliphatic heterocycles. The van der Waals surface area contributed by atoms with Gasteiger partial charge in [0, 0.05) is 25.0 Å². The summed E-state index contributed by atoms with van der Waals surface area (Å²) < 4.78 is 0. The third-order valence-electron chi connectivity index (χ3n) is 4.01. The number of hydrogen-bond acceptors (Lipinski definition) is 4. The lowest BCUT2D eigenvalue weighted by molar-refractivity contribution is 0.124. The van der Waals surface area contributed by atoms with E-state index in [1.54, 1.807) is 11.3 Å². The predicted octanol–water partition coefficient (Wildman–Crippen LogP) is 2.66. The Kier molecular flexibility index (Phi) is 4.76. The van der Waals surface area contributed by atoms with Gasteiger partial charge in [-0.2, -0.15) is 0 Å². The topological polar surface area (TPSA) is 28.2 Å². The van der Waals surface area contributed by atoms with Crippen LogP contribution in [0.4, 0.5) is 0 Å². The molecule has 1 aliphatic rings. The third-order valence-corrected chi connectivity index (χ3v) is 4.84. The standard InChI is InChI=1S/C14H25N3S/c1-4-14(6-5-7-15-10-14)11-17(3)8-13-9-18-12(2)16-13/h9,15H,4-8,10-11H2,1-3H3. The fraction of sp³-hybridized carbons (Fsp3) is 0.786. The third kappa shape index (κ3) is 3.53. The lowest BCUT2D eigenvalue weighted by atomic mass is 9.78. The average molecular weight is 267 g/mol. The molecule has 0 saturated carbocycles. The highest BCUT2D eigenvalue weighted by molar-refractivity contribution is 7.09. The molecule has 0 spiro atoms. The molecule has 0 radical (unpaired) electrons. The van der Waals surface area contributed by atoms with E-state index in [4.69, 9.17) is 0 Å². The van der Waals surface area contributed by atoms with Gasteiger partial charge in [0.05, 0.1) is 10.7 Å². The highest BCUT2D eigenvalue weighted by atomic mass is 32.1. The van der Waals surface area contributed by atoms with Crippen LogP contribution < -0.4 is 5.32 Å². The molecule has 18 heavy (non-hydrogen) atoms. The first-order valence-corrected chi connectivity index (χ1v) is 7.82. The van der Waals surface area contributed by atoms with Crippen molar-refractivity contribution in [3.05, 3.63) is 16.1 Å². The SMILES string of the molecule is CCC1(CN(C)Cc2csc(C)n2)CCCNC1. The molecule has 1 aromatic heterocycles. The average Bonchev–Trinajstić information content (AvgIpc) is 2.75. The van der Waals surface area contributed by atoms with E-state index in [0.29, 0.717) is 5.41 Å². The summed E-state index contributed by atoms with van der Waals surface area (Å²) in [5.41, 5.74) is 1.69. The maximum atomic E-state index is 4.55. The molecule has 2 heterocycles. The molecule has 1 atom stereocenters. The summed E-state index contributed by atoms with van der Waals surface area (Å²) in [4.78, 5) is 6.99. The zero-order chi connectivity index (χ0) is 13.0. The lowest BCUT2D eigenvalue weighted by Crippen LogP contribution is -2.46. The van der Waals surface area contributed by atoms with Crippen LogP contribution in [0, 0.1) is 12.3 Å². The summed E-state index contributed by atoms with van der Waals surface area (Å²) in [6.07, 6.45) is 3.94. The predicted molar refractivity (Wildman–Crippen MR) is 78.0 cm³/mol. The Morgan fingerprint density at radius 3 is 2.94 bits per heavy atom. The molecule has 0 amide bonds. The van der Waals surface area contributed by atoms with E-state index in [0.717, 1.165) is 6.54 Å². The van der Waals surface area contributed by atoms with Gasteiger partial charge in [-0.15, -0.1) is 11.3 Å². The second-order valence-corrected chi connectivity index (χ2v) is 6.73. The second-order valence-electron chi connectivity index (χ2n) is 5.66. The number of hydrogen-bond donors (Lipinski definition) is 1. The summed E-state index contributed by atoms with van der Waals surface area (Å²) >= 11 is 1.75. The number of aryl methyl sites for hydroxylation is 1. The van der Waals surface area contributed by atoms with Crippen LogP contribution in [0.1, 0.15) is 36.9 Å². The van der Waals surface area contributed by atoms with Crippen LogP contribution in [-0.2, 0) is 6.54 Å². The van der Waals surface area contributed by atoms with E-state index in [1.807, 2.05) is 0 Å². The Morgan fingerprint density at radius 2 is 2.39 bits per heavy atom. The first-order valence-electron chi connectivity index (χ1n) is 6.94. The number of rotatable bonds is 5. The molecule has 1 unspecified atom stereocenters. The molecule has 1 N–H and O–H groups in total. The molecule has 102 valence electrons. The van der Waals surface area contributed by atoms with Crippen molar-refractivity contribution >= 4 is 11.3 Å². The summed E-state index contributed by atoms with van der Waals surface area (Å²) in [5, 5.41) is 6.91. The van der Waals surface area contributed by atoms with Gasteiger partial charge in [-0.05, 0) is 45.2 Å². The normalized spacial score (nSPS) is 24.7. The summed E-state index contributed by atoms with van der Waals surface area (Å²) in [7, 11) is 2.22. The van der Waals surface area contributed by atoms with Gasteiger partial charge in [0.2, 0.25) is 0 Å². The molecule has 0 bridgehead atoms. The minimum Gasteiger partial charge on any atom is -0.316 e. The minimum absolute atomic E-state index is 0.470. The van der Waals surface area contributed by atoms with Crippen molar-refractivity contribution in [3.63, 3.8) is 0 Å². The van der Waals surface area contributed by atoms with E-state index in [2.05, 4.69) is 41.5 Å². The monoisotopic (exact) mass is 267 g/mol. The van der Waals surface area contributed by atoms with Gasteiger partial charge in [0.1, 0.15) is 0 Å². The maximum absolute atomic E-state index is 4.55. The van der Waals surface area contributed by atoms with Gasteiger partial charge < -0.3 is 5.32 Å². The minimum atomic E-state index is 0.470. The van der Waals surface area contributed by atoms with Gasteiger partial charge >= 0.3 is 0 Å². The fourth-order valence-corrected chi connectivity index (χ4v) is 3.57. The van der Waals surface area contributed by atoms with Crippen molar-refractivity contribution in [1.82, 2.24) is 15.2 Å². The van der Waals surface area contributed by atoms with Crippen LogP contribution in [-0.4, -0.2) is 36.6 Å². The van der Waals surface area contributed by atoms with Gasteiger partial charge in [-0.3, -0.25) is 4.90 Å². The molecular weight excluding hydrogens is 242 g/mol. The largest absolute Gasteiger partial charge is 0.316 e. The zero-order valence-electron chi connectivity index (χ0n) is 11.8. The Hall–Kier alpha value is -0.450. The number of thiazole rings is 1. The Labute approximate surface area is 115 Å². The van der Waals surface area contributed by atoms with Crippen molar-refractivity contribution in [2.24, 2.45) is 5.41 Å². The van der Waals surface area contributed by atoms with Crippen molar-refractivity contribution in [2.75, 3.05) is 26.7 Å². The Bertz CT molecular complexity index is 369. The van der Waals surface area contributed by atoms with Crippen LogP contribution in [0.2, 0.25) is 0 Å². The van der Waals surface area contributed by atoms with E-state index < -0.39 is 0 Å². The van der Waals surface area contributed by atoms with E-state index in [9.17, 15) is 0 Å². The van der Waals surface area contributed by atoms with Crippen LogP contribution in [0.5, 0.6) is 0 Å². The molecular formula is C14H25N3S. The van der Waals surface area contributed by atoms with Gasteiger partial charge in [0.25, 0.3) is 0 Å². The van der Waals surface area contributed by atoms with Crippen LogP contribution in [0.15, 0.2) is 5.38 Å². The molecule has 4 heteroatoms. The number of nitrogens with zero attached hydrogens (tertiary/aromatic N) is 2. The van der Waals surface area contributed by atoms with Crippen LogP contribution in [0.25, 0.3) is 0 Å². The van der Waals surface area contributed by atoms with Crippen LogP contribution >= 0.6 is 11.3 Å². The molecule has 1 aromatic rings. The van der Waals surface area contributed by atoms with Crippen molar-refractivity contribution in [3.8, 4) is 0 Å². The lowest BCUT2D eigenvalue weighted by Gasteiger charge is -2.39. The summed E-state index contributed by atoms with van der Waals surface area (Å²) in [6.45, 7) is 8.92. The van der Waals surface area contributed by atoms with Crippen molar-refractivity contribution in [2.45, 2.75) is 39.7 Å². The Morgan fingerprint density at radius 1 is 1.56 bits per heavy atom. The van der Waals surface area contributed by atoms with Crippen molar-refractivity contribution in [1.29, 1.82) is 0 Å². The highest BCUT2D eigenvalue weighted by Crippen LogP contribution is 2.31. The first kappa shape index (κ1) is 14.0. The highest BCUT2D eigenvalue weighted by Gasteiger charge is 2.31. The van der Waals surface area contributed by atoms with E-state index in [1.165, 1.54) is 49.6 Å². The first-order chi connectivity index (χ1) is 8.63. The molecule has 1 fully saturated rings. The molecule has 2 rings (SSSR count). The zero-order valence-corrected chi connectivity index (χ0v) is 12.6. The van der Waals surface area contributed by atoms with E-state index in [-0.39, 0.29) is 0 Å². The summed E-state index contributed by atoms with van der Waals surface area (Å²) in [5.74, 6) is 0. The molecule has 0 aromatic carbocycles. The quantitative estimate of drug-likeness (QED) is 0.889. The second kappa shape index (κ2) is 6.13. The van der Waals surface area contributed by atoms with Gasteiger partial charge in [-0.1, -0.05) is 6.92 Å². The smallest absolute Gasteiger partial charge is 0.0897 e. The fourth-order valence-electron chi connectivity index (χ4n) is 2.96. The van der Waals surface area contributed by atoms with Gasteiger partial charge in [0.15, 0.2) is 0 Å². The number of aromatic nitrogens is 1. The van der Waals surface area contributed by atoms with Crippen molar-refractivity contribution < 1.29 is 0 Å². The maximum Gasteiger partial charge on any atom is 0.0897 e. The molecule has 0 aliphatic carbocycles. The molecule has 1 saturated heterocycles. The van der Waals surface area contributed by atoms with Gasteiger partial charge in [-0.25, -0.2) is 4.98 Å². The number of nitrogens with one attached hydrogen (secondary N) is 1. The molecule has 3 nitrogen and oxygen atoms in total. The van der Waals surface area contributed by atoms with Crippen LogP contribution in [0.3, 0.4) is 0 Å². The number of piperidine rings is 1.